The molecular formula is C18H19F2NO5. The minimum absolute atomic E-state index is 0.0388. The zero-order valence-electron chi connectivity index (χ0n) is 14.8. The number of hydrogen-bond acceptors (Lipinski definition) is 5. The topological polar surface area (TPSA) is 57.2 Å². The summed E-state index contributed by atoms with van der Waals surface area (Å²) in [5, 5.41) is 0. The number of anilines is 1. The third-order valence-corrected chi connectivity index (χ3v) is 3.70. The number of amides is 1. The maximum Gasteiger partial charge on any atom is 0.387 e. The largest absolute Gasteiger partial charge is 0.493 e. The van der Waals surface area contributed by atoms with Gasteiger partial charge in [0.15, 0.2) is 23.0 Å². The minimum atomic E-state index is -3.09. The Morgan fingerprint density at radius 3 is 2.19 bits per heavy atom. The number of methoxy groups -OCH3 is 3. The van der Waals surface area contributed by atoms with Crippen LogP contribution in [0.3, 0.4) is 0 Å². The second-order valence-corrected chi connectivity index (χ2v) is 5.12. The highest BCUT2D eigenvalue weighted by molar-refractivity contribution is 6.08. The van der Waals surface area contributed by atoms with E-state index in [1.54, 1.807) is 18.2 Å². The zero-order chi connectivity index (χ0) is 19.3. The average Bonchev–Trinajstić information content (AvgIpc) is 2.65. The number of ether oxygens (including phenoxy) is 4. The molecule has 0 spiro atoms. The molecule has 0 aliphatic carbocycles. The number of hydrogen-bond donors (Lipinski definition) is 0. The van der Waals surface area contributed by atoms with Crippen LogP contribution in [-0.4, -0.2) is 40.9 Å². The van der Waals surface area contributed by atoms with Crippen molar-refractivity contribution in [3.63, 3.8) is 0 Å². The smallest absolute Gasteiger partial charge is 0.387 e. The normalized spacial score (nSPS) is 10.4. The molecular weight excluding hydrogens is 348 g/mol. The Morgan fingerprint density at radius 2 is 1.62 bits per heavy atom. The molecule has 0 saturated carbocycles. The highest BCUT2D eigenvalue weighted by Crippen LogP contribution is 2.35. The number of para-hydroxylation sites is 1. The molecule has 0 atom stereocenters. The van der Waals surface area contributed by atoms with Crippen molar-refractivity contribution in [2.24, 2.45) is 0 Å². The first-order chi connectivity index (χ1) is 12.4. The Kier molecular flexibility index (Phi) is 6.21. The van der Waals surface area contributed by atoms with E-state index in [0.717, 1.165) is 0 Å². The van der Waals surface area contributed by atoms with Crippen LogP contribution in [0.4, 0.5) is 14.5 Å². The predicted molar refractivity (Wildman–Crippen MR) is 91.9 cm³/mol. The molecule has 0 heterocycles. The van der Waals surface area contributed by atoms with Crippen molar-refractivity contribution < 1.29 is 32.5 Å². The van der Waals surface area contributed by atoms with Gasteiger partial charge in [-0.1, -0.05) is 6.07 Å². The van der Waals surface area contributed by atoms with E-state index in [-0.39, 0.29) is 17.1 Å². The molecule has 2 aromatic rings. The van der Waals surface area contributed by atoms with Crippen molar-refractivity contribution in [2.75, 3.05) is 33.3 Å². The molecule has 0 bridgehead atoms. The second kappa shape index (κ2) is 8.37. The Hall–Kier alpha value is -3.03. The van der Waals surface area contributed by atoms with Crippen LogP contribution in [0.5, 0.6) is 23.0 Å². The quantitative estimate of drug-likeness (QED) is 0.749. The fraction of sp³-hybridized carbons (Fsp3) is 0.278. The van der Waals surface area contributed by atoms with Crippen LogP contribution in [0.1, 0.15) is 10.4 Å². The molecule has 2 aromatic carbocycles. The molecule has 0 unspecified atom stereocenters. The Labute approximate surface area is 149 Å². The van der Waals surface area contributed by atoms with Crippen molar-refractivity contribution in [2.45, 2.75) is 6.61 Å². The first-order valence-electron chi connectivity index (χ1n) is 7.54. The molecule has 0 aliphatic heterocycles. The lowest BCUT2D eigenvalue weighted by molar-refractivity contribution is -0.0515. The molecule has 140 valence electrons. The predicted octanol–water partition coefficient (Wildman–Crippen LogP) is 3.59. The van der Waals surface area contributed by atoms with Crippen molar-refractivity contribution in [3.05, 3.63) is 42.0 Å². The van der Waals surface area contributed by atoms with Crippen molar-refractivity contribution in [1.82, 2.24) is 0 Å². The third-order valence-electron chi connectivity index (χ3n) is 3.70. The van der Waals surface area contributed by atoms with Gasteiger partial charge >= 0.3 is 6.61 Å². The van der Waals surface area contributed by atoms with Crippen LogP contribution in [0.25, 0.3) is 0 Å². The number of rotatable bonds is 7. The molecule has 0 aliphatic rings. The van der Waals surface area contributed by atoms with Crippen molar-refractivity contribution >= 4 is 11.6 Å². The fourth-order valence-corrected chi connectivity index (χ4v) is 2.39. The highest BCUT2D eigenvalue weighted by Gasteiger charge is 2.24. The number of halogens is 2. The monoisotopic (exact) mass is 367 g/mol. The summed E-state index contributed by atoms with van der Waals surface area (Å²) < 4.78 is 45.4. The lowest BCUT2D eigenvalue weighted by Crippen LogP contribution is -2.27. The van der Waals surface area contributed by atoms with E-state index in [0.29, 0.717) is 17.2 Å². The third kappa shape index (κ3) is 3.96. The Balaban J connectivity index is 2.42. The molecule has 26 heavy (non-hydrogen) atoms. The van der Waals surface area contributed by atoms with E-state index >= 15 is 0 Å². The van der Waals surface area contributed by atoms with Crippen LogP contribution in [0.15, 0.2) is 36.4 Å². The molecule has 0 fully saturated rings. The SMILES string of the molecule is COc1ccc(N(C)C(=O)c2cccc(OC)c2OC(F)F)cc1OC. The van der Waals surface area contributed by atoms with Crippen LogP contribution >= 0.6 is 0 Å². The van der Waals surface area contributed by atoms with E-state index in [1.165, 1.54) is 51.5 Å². The zero-order valence-corrected chi connectivity index (χ0v) is 14.8. The summed E-state index contributed by atoms with van der Waals surface area (Å²) in [5.74, 6) is 0.102. The maximum absolute atomic E-state index is 12.8. The molecule has 8 heteroatoms. The lowest BCUT2D eigenvalue weighted by Gasteiger charge is -2.21. The van der Waals surface area contributed by atoms with Gasteiger partial charge in [0, 0.05) is 18.8 Å². The second-order valence-electron chi connectivity index (χ2n) is 5.12. The summed E-state index contributed by atoms with van der Waals surface area (Å²) in [6.07, 6.45) is 0. The highest BCUT2D eigenvalue weighted by atomic mass is 19.3. The maximum atomic E-state index is 12.8. The van der Waals surface area contributed by atoms with Crippen LogP contribution in [-0.2, 0) is 0 Å². The van der Waals surface area contributed by atoms with Gasteiger partial charge in [0.05, 0.1) is 26.9 Å². The number of benzene rings is 2. The van der Waals surface area contributed by atoms with Gasteiger partial charge in [-0.3, -0.25) is 4.79 Å². The summed E-state index contributed by atoms with van der Waals surface area (Å²) in [6.45, 7) is -3.09. The number of alkyl halides is 2. The molecule has 0 aromatic heterocycles. The van der Waals surface area contributed by atoms with Gasteiger partial charge in [-0.15, -0.1) is 0 Å². The summed E-state index contributed by atoms with van der Waals surface area (Å²) >= 11 is 0. The van der Waals surface area contributed by atoms with Gasteiger partial charge in [0.2, 0.25) is 0 Å². The fourth-order valence-electron chi connectivity index (χ4n) is 2.39. The number of nitrogens with zero attached hydrogens (tertiary/aromatic N) is 1. The van der Waals surface area contributed by atoms with Gasteiger partial charge in [-0.2, -0.15) is 8.78 Å². The standard InChI is InChI=1S/C18H19F2NO5/c1-21(11-8-9-13(23-2)15(10-11)25-4)17(22)12-6-5-7-14(24-3)16(12)26-18(19)20/h5-10,18H,1-4H3. The van der Waals surface area contributed by atoms with Gasteiger partial charge in [0.1, 0.15) is 0 Å². The van der Waals surface area contributed by atoms with Gasteiger partial charge in [-0.25, -0.2) is 0 Å². The summed E-state index contributed by atoms with van der Waals surface area (Å²) in [6, 6.07) is 9.23. The first-order valence-corrected chi connectivity index (χ1v) is 7.54. The minimum Gasteiger partial charge on any atom is -0.493 e. The average molecular weight is 367 g/mol. The molecule has 0 saturated heterocycles. The van der Waals surface area contributed by atoms with E-state index in [4.69, 9.17) is 14.2 Å². The van der Waals surface area contributed by atoms with Gasteiger partial charge in [-0.05, 0) is 24.3 Å². The van der Waals surface area contributed by atoms with Crippen molar-refractivity contribution in [1.29, 1.82) is 0 Å². The van der Waals surface area contributed by atoms with E-state index in [1.807, 2.05) is 0 Å². The van der Waals surface area contributed by atoms with Crippen LogP contribution in [0.2, 0.25) is 0 Å². The Morgan fingerprint density at radius 1 is 0.962 bits per heavy atom. The lowest BCUT2D eigenvalue weighted by atomic mass is 10.1. The van der Waals surface area contributed by atoms with Gasteiger partial charge in [0.25, 0.3) is 5.91 Å². The van der Waals surface area contributed by atoms with Crippen LogP contribution in [0, 0.1) is 0 Å². The Bertz CT molecular complexity index is 782. The first kappa shape index (κ1) is 19.3. The number of carbonyl (C=O) groups is 1. The summed E-state index contributed by atoms with van der Waals surface area (Å²) in [4.78, 5) is 14.1. The van der Waals surface area contributed by atoms with E-state index in [9.17, 15) is 13.6 Å². The molecule has 0 radical (unpaired) electrons. The summed E-state index contributed by atoms with van der Waals surface area (Å²) in [5.41, 5.74) is 0.431. The molecule has 0 N–H and O–H groups in total. The molecule has 1 amide bonds. The summed E-state index contributed by atoms with van der Waals surface area (Å²) in [7, 11) is 5.78. The molecule has 2 rings (SSSR count). The molecule has 6 nitrogen and oxygen atoms in total. The van der Waals surface area contributed by atoms with E-state index < -0.39 is 12.5 Å². The van der Waals surface area contributed by atoms with Crippen LogP contribution < -0.4 is 23.8 Å². The van der Waals surface area contributed by atoms with Crippen molar-refractivity contribution in [3.8, 4) is 23.0 Å². The van der Waals surface area contributed by atoms with E-state index in [2.05, 4.69) is 4.74 Å². The number of carbonyl (C=O) groups excluding carboxylic acids is 1. The van der Waals surface area contributed by atoms with Gasteiger partial charge < -0.3 is 23.8 Å².